The first-order chi connectivity index (χ1) is 6.75. The number of rotatable bonds is 2. The van der Waals surface area contributed by atoms with E-state index in [-0.39, 0.29) is 0 Å². The minimum absolute atomic E-state index is 0.619. The summed E-state index contributed by atoms with van der Waals surface area (Å²) in [4.78, 5) is 8.60. The van der Waals surface area contributed by atoms with E-state index in [1.807, 2.05) is 6.20 Å². The van der Waals surface area contributed by atoms with Crippen LogP contribution < -0.4 is 5.73 Å². The monoisotopic (exact) mass is 303 g/mol. The van der Waals surface area contributed by atoms with Crippen molar-refractivity contribution in [1.82, 2.24) is 9.97 Å². The van der Waals surface area contributed by atoms with E-state index in [2.05, 4.69) is 32.6 Å². The summed E-state index contributed by atoms with van der Waals surface area (Å²) in [5, 5.41) is 0. The largest absolute Gasteiger partial charge is 0.383 e. The van der Waals surface area contributed by atoms with E-state index in [4.69, 9.17) is 5.73 Å². The van der Waals surface area contributed by atoms with Gasteiger partial charge in [0.1, 0.15) is 11.6 Å². The summed E-state index contributed by atoms with van der Waals surface area (Å²) < 4.78 is 0.942. The van der Waals surface area contributed by atoms with E-state index in [1.54, 1.807) is 0 Å². The second-order valence-electron chi connectivity index (χ2n) is 3.87. The van der Waals surface area contributed by atoms with Crippen LogP contribution in [0.4, 0.5) is 5.82 Å². The molecule has 0 unspecified atom stereocenters. The van der Waals surface area contributed by atoms with E-state index >= 15 is 0 Å². The molecule has 1 heterocycles. The van der Waals surface area contributed by atoms with Crippen LogP contribution >= 0.6 is 22.6 Å². The van der Waals surface area contributed by atoms with Crippen LogP contribution in [0.15, 0.2) is 6.20 Å². The maximum atomic E-state index is 5.74. The Morgan fingerprint density at radius 3 is 2.79 bits per heavy atom. The lowest BCUT2D eigenvalue weighted by atomic mass is 10.0. The van der Waals surface area contributed by atoms with Gasteiger partial charge in [-0.3, -0.25) is 0 Å². The van der Waals surface area contributed by atoms with Crippen molar-refractivity contribution in [1.29, 1.82) is 0 Å². The summed E-state index contributed by atoms with van der Waals surface area (Å²) >= 11 is 2.16. The molecule has 14 heavy (non-hydrogen) atoms. The van der Waals surface area contributed by atoms with Crippen LogP contribution in [0, 0.1) is 9.49 Å². The second-order valence-corrected chi connectivity index (χ2v) is 5.04. The van der Waals surface area contributed by atoms with Crippen molar-refractivity contribution >= 4 is 28.4 Å². The average Bonchev–Trinajstić information content (AvgIpc) is 2.64. The summed E-state index contributed by atoms with van der Waals surface area (Å²) in [6.45, 7) is 0. The average molecular weight is 303 g/mol. The molecule has 1 aromatic heterocycles. The molecule has 2 rings (SSSR count). The van der Waals surface area contributed by atoms with E-state index in [0.29, 0.717) is 5.82 Å². The van der Waals surface area contributed by atoms with E-state index in [9.17, 15) is 0 Å². The Kier molecular flexibility index (Phi) is 3.20. The molecular formula is C10H14IN3. The minimum Gasteiger partial charge on any atom is -0.383 e. The van der Waals surface area contributed by atoms with Gasteiger partial charge in [0.25, 0.3) is 0 Å². The molecule has 0 atom stereocenters. The van der Waals surface area contributed by atoms with Gasteiger partial charge in [0, 0.05) is 12.6 Å². The van der Waals surface area contributed by atoms with E-state index < -0.39 is 0 Å². The standard InChI is InChI=1S/C10H14IN3/c11-8-6-13-9(14-10(8)12)5-7-3-1-2-4-7/h6-7H,1-5H2,(H2,12,13,14). The van der Waals surface area contributed by atoms with Crippen molar-refractivity contribution in [2.45, 2.75) is 32.1 Å². The number of hydrogen-bond acceptors (Lipinski definition) is 3. The SMILES string of the molecule is Nc1nc(CC2CCCC2)ncc1I. The second kappa shape index (κ2) is 4.42. The number of aromatic nitrogens is 2. The molecule has 76 valence electrons. The molecule has 0 saturated heterocycles. The number of nitrogens with zero attached hydrogens (tertiary/aromatic N) is 2. The summed E-state index contributed by atoms with van der Waals surface area (Å²) in [5.74, 6) is 2.32. The van der Waals surface area contributed by atoms with Crippen LogP contribution in [0.25, 0.3) is 0 Å². The van der Waals surface area contributed by atoms with E-state index in [0.717, 1.165) is 21.7 Å². The maximum absolute atomic E-state index is 5.74. The van der Waals surface area contributed by atoms with Crippen molar-refractivity contribution in [3.05, 3.63) is 15.6 Å². The van der Waals surface area contributed by atoms with Crippen LogP contribution in [0.1, 0.15) is 31.5 Å². The summed E-state index contributed by atoms with van der Waals surface area (Å²) in [6, 6.07) is 0. The van der Waals surface area contributed by atoms with Gasteiger partial charge in [-0.15, -0.1) is 0 Å². The van der Waals surface area contributed by atoms with Gasteiger partial charge in [-0.2, -0.15) is 0 Å². The quantitative estimate of drug-likeness (QED) is 0.854. The summed E-state index contributed by atoms with van der Waals surface area (Å²) in [6.07, 6.45) is 8.20. The first-order valence-corrected chi connectivity index (χ1v) is 6.10. The van der Waals surface area contributed by atoms with Gasteiger partial charge in [0.2, 0.25) is 0 Å². The first-order valence-electron chi connectivity index (χ1n) is 5.02. The fourth-order valence-electron chi connectivity index (χ4n) is 1.99. The van der Waals surface area contributed by atoms with Gasteiger partial charge in [-0.25, -0.2) is 9.97 Å². The predicted molar refractivity (Wildman–Crippen MR) is 64.8 cm³/mol. The molecule has 2 N–H and O–H groups in total. The Morgan fingerprint density at radius 2 is 2.14 bits per heavy atom. The topological polar surface area (TPSA) is 51.8 Å². The lowest BCUT2D eigenvalue weighted by Crippen LogP contribution is -2.06. The van der Waals surface area contributed by atoms with Gasteiger partial charge in [0.15, 0.2) is 0 Å². The summed E-state index contributed by atoms with van der Waals surface area (Å²) in [5.41, 5.74) is 5.74. The van der Waals surface area contributed by atoms with Crippen LogP contribution in [0.5, 0.6) is 0 Å². The Hall–Kier alpha value is -0.390. The fourth-order valence-corrected chi connectivity index (χ4v) is 2.25. The zero-order valence-electron chi connectivity index (χ0n) is 8.04. The molecule has 0 aliphatic heterocycles. The van der Waals surface area contributed by atoms with Gasteiger partial charge in [-0.05, 0) is 28.5 Å². The third kappa shape index (κ3) is 2.34. The molecule has 4 heteroatoms. The molecule has 1 aliphatic carbocycles. The van der Waals surface area contributed by atoms with Crippen LogP contribution in [0.3, 0.4) is 0 Å². The fraction of sp³-hybridized carbons (Fsp3) is 0.600. The van der Waals surface area contributed by atoms with Gasteiger partial charge in [0.05, 0.1) is 3.57 Å². The van der Waals surface area contributed by atoms with Crippen LogP contribution in [-0.4, -0.2) is 9.97 Å². The Balaban J connectivity index is 2.05. The molecule has 1 aromatic rings. The van der Waals surface area contributed by atoms with Crippen molar-refractivity contribution < 1.29 is 0 Å². The third-order valence-electron chi connectivity index (χ3n) is 2.77. The molecular weight excluding hydrogens is 289 g/mol. The van der Waals surface area contributed by atoms with E-state index in [1.165, 1.54) is 25.7 Å². The lowest BCUT2D eigenvalue weighted by Gasteiger charge is -2.07. The molecule has 0 bridgehead atoms. The van der Waals surface area contributed by atoms with Crippen molar-refractivity contribution in [2.75, 3.05) is 5.73 Å². The molecule has 1 aliphatic rings. The highest BCUT2D eigenvalue weighted by Crippen LogP contribution is 2.27. The zero-order chi connectivity index (χ0) is 9.97. The molecule has 0 amide bonds. The van der Waals surface area contributed by atoms with Gasteiger partial charge in [-0.1, -0.05) is 25.7 Å². The van der Waals surface area contributed by atoms with Crippen molar-refractivity contribution in [3.8, 4) is 0 Å². The third-order valence-corrected chi connectivity index (χ3v) is 3.60. The number of hydrogen-bond donors (Lipinski definition) is 1. The molecule has 3 nitrogen and oxygen atoms in total. The lowest BCUT2D eigenvalue weighted by molar-refractivity contribution is 0.530. The normalized spacial score (nSPS) is 17.5. The van der Waals surface area contributed by atoms with Crippen molar-refractivity contribution in [2.24, 2.45) is 5.92 Å². The predicted octanol–water partition coefficient (Wildman–Crippen LogP) is 2.40. The molecule has 0 aromatic carbocycles. The highest BCUT2D eigenvalue weighted by molar-refractivity contribution is 14.1. The maximum Gasteiger partial charge on any atom is 0.140 e. The highest BCUT2D eigenvalue weighted by Gasteiger charge is 2.16. The first kappa shape index (κ1) is 10.1. The molecule has 0 radical (unpaired) electrons. The number of nitrogens with two attached hydrogens (primary N) is 1. The number of halogens is 1. The zero-order valence-corrected chi connectivity index (χ0v) is 10.2. The smallest absolute Gasteiger partial charge is 0.140 e. The molecule has 1 saturated carbocycles. The Bertz CT molecular complexity index is 321. The van der Waals surface area contributed by atoms with Gasteiger partial charge < -0.3 is 5.73 Å². The summed E-state index contributed by atoms with van der Waals surface area (Å²) in [7, 11) is 0. The molecule has 0 spiro atoms. The Labute approximate surface area is 97.7 Å². The molecule has 1 fully saturated rings. The Morgan fingerprint density at radius 1 is 1.43 bits per heavy atom. The number of nitrogen functional groups attached to an aromatic ring is 1. The minimum atomic E-state index is 0.619. The van der Waals surface area contributed by atoms with Crippen LogP contribution in [0.2, 0.25) is 0 Å². The number of anilines is 1. The highest BCUT2D eigenvalue weighted by atomic mass is 127. The van der Waals surface area contributed by atoms with Crippen molar-refractivity contribution in [3.63, 3.8) is 0 Å². The van der Waals surface area contributed by atoms with Gasteiger partial charge >= 0.3 is 0 Å². The van der Waals surface area contributed by atoms with Crippen LogP contribution in [-0.2, 0) is 6.42 Å².